The van der Waals surface area contributed by atoms with E-state index >= 15 is 0 Å². The number of hydrogen-bond acceptors (Lipinski definition) is 2. The Morgan fingerprint density at radius 1 is 1.11 bits per heavy atom. The molecule has 2 aliphatic rings. The van der Waals surface area contributed by atoms with Gasteiger partial charge in [0.25, 0.3) is 0 Å². The third-order valence-electron chi connectivity index (χ3n) is 4.23. The maximum absolute atomic E-state index is 6.24. The molecule has 2 fully saturated rings. The third kappa shape index (κ3) is 3.61. The fourth-order valence-electron chi connectivity index (χ4n) is 3.18. The molecule has 0 aromatic heterocycles. The van der Waals surface area contributed by atoms with Crippen molar-refractivity contribution >= 4 is 5.96 Å². The van der Waals surface area contributed by atoms with E-state index in [0.717, 1.165) is 25.6 Å². The van der Waals surface area contributed by atoms with Crippen LogP contribution in [-0.2, 0) is 0 Å². The van der Waals surface area contributed by atoms with Crippen LogP contribution in [0.1, 0.15) is 45.4 Å². The number of hydrogen-bond donors (Lipinski definition) is 1. The van der Waals surface area contributed by atoms with Gasteiger partial charge in [0.05, 0.1) is 6.04 Å². The van der Waals surface area contributed by atoms with Gasteiger partial charge in [-0.1, -0.05) is 19.3 Å². The maximum atomic E-state index is 6.24. The molecule has 104 valence electrons. The lowest BCUT2D eigenvalue weighted by Crippen LogP contribution is -2.46. The fourth-order valence-corrected chi connectivity index (χ4v) is 3.18. The molecule has 0 amide bonds. The van der Waals surface area contributed by atoms with Crippen LogP contribution in [-0.4, -0.2) is 54.5 Å². The van der Waals surface area contributed by atoms with E-state index in [1.165, 1.54) is 38.5 Å². The Labute approximate surface area is 111 Å². The molecular weight excluding hydrogens is 224 g/mol. The van der Waals surface area contributed by atoms with E-state index in [1.807, 2.05) is 0 Å². The van der Waals surface area contributed by atoms with Crippen LogP contribution in [0.3, 0.4) is 0 Å². The van der Waals surface area contributed by atoms with Gasteiger partial charge in [-0.15, -0.1) is 0 Å². The minimum absolute atomic E-state index is 0.477. The molecule has 1 saturated heterocycles. The number of rotatable bonds is 1. The Hall–Kier alpha value is -0.770. The molecule has 0 aromatic rings. The Balaban J connectivity index is 1.97. The van der Waals surface area contributed by atoms with Gasteiger partial charge in [-0.2, -0.15) is 0 Å². The Morgan fingerprint density at radius 2 is 1.83 bits per heavy atom. The van der Waals surface area contributed by atoms with Crippen LogP contribution in [0.4, 0.5) is 0 Å². The topological polar surface area (TPSA) is 44.9 Å². The van der Waals surface area contributed by atoms with Crippen molar-refractivity contribution in [1.29, 1.82) is 0 Å². The highest BCUT2D eigenvalue weighted by Crippen LogP contribution is 2.20. The van der Waals surface area contributed by atoms with Crippen molar-refractivity contribution in [1.82, 2.24) is 9.80 Å². The zero-order chi connectivity index (χ0) is 13.0. The van der Waals surface area contributed by atoms with Gasteiger partial charge in [-0.3, -0.25) is 0 Å². The number of nitrogens with two attached hydrogens (primary N) is 1. The van der Waals surface area contributed by atoms with Gasteiger partial charge in [0.2, 0.25) is 0 Å². The molecule has 1 atom stereocenters. The molecule has 1 aliphatic heterocycles. The smallest absolute Gasteiger partial charge is 0.191 e. The molecule has 1 saturated carbocycles. The lowest BCUT2D eigenvalue weighted by molar-refractivity contribution is 0.282. The molecule has 1 heterocycles. The number of guanidine groups is 1. The van der Waals surface area contributed by atoms with E-state index in [2.05, 4.69) is 23.8 Å². The summed E-state index contributed by atoms with van der Waals surface area (Å²) in [4.78, 5) is 9.47. The van der Waals surface area contributed by atoms with E-state index < -0.39 is 0 Å². The van der Waals surface area contributed by atoms with E-state index in [1.54, 1.807) is 0 Å². The number of nitrogens with zero attached hydrogens (tertiary/aromatic N) is 3. The summed E-state index contributed by atoms with van der Waals surface area (Å²) in [6.07, 6.45) is 7.64. The molecule has 0 spiro atoms. The molecule has 4 nitrogen and oxygen atoms in total. The Bertz CT molecular complexity index is 284. The molecule has 4 heteroatoms. The highest BCUT2D eigenvalue weighted by molar-refractivity contribution is 5.78. The summed E-state index contributed by atoms with van der Waals surface area (Å²) in [6.45, 7) is 5.55. The van der Waals surface area contributed by atoms with Crippen LogP contribution >= 0.6 is 0 Å². The van der Waals surface area contributed by atoms with E-state index in [-0.39, 0.29) is 0 Å². The molecule has 2 N–H and O–H groups in total. The molecule has 1 aliphatic carbocycles. The standard InChI is InChI=1S/C14H28N4/c1-12-11-17(2)9-6-10-18(12)14(15)16-13-7-4-3-5-8-13/h12-13H,3-11H2,1-2H3,(H2,15,16). The summed E-state index contributed by atoms with van der Waals surface area (Å²) in [7, 11) is 2.19. The molecule has 2 rings (SSSR count). The largest absolute Gasteiger partial charge is 0.370 e. The normalized spacial score (nSPS) is 29.3. The molecule has 0 radical (unpaired) electrons. The molecular formula is C14H28N4. The molecule has 0 bridgehead atoms. The molecule has 1 unspecified atom stereocenters. The monoisotopic (exact) mass is 252 g/mol. The first kappa shape index (κ1) is 13.7. The molecule has 0 aromatic carbocycles. The summed E-state index contributed by atoms with van der Waals surface area (Å²) in [5.74, 6) is 0.782. The van der Waals surface area contributed by atoms with Gasteiger partial charge in [-0.05, 0) is 39.8 Å². The van der Waals surface area contributed by atoms with Crippen molar-refractivity contribution in [3.05, 3.63) is 0 Å². The van der Waals surface area contributed by atoms with Crippen molar-refractivity contribution in [2.45, 2.75) is 57.5 Å². The second-order valence-electron chi connectivity index (χ2n) is 5.94. The van der Waals surface area contributed by atoms with Crippen molar-refractivity contribution in [2.75, 3.05) is 26.7 Å². The second kappa shape index (κ2) is 6.41. The van der Waals surface area contributed by atoms with Crippen molar-refractivity contribution in [2.24, 2.45) is 10.7 Å². The van der Waals surface area contributed by atoms with Gasteiger partial charge in [0, 0.05) is 19.1 Å². The minimum atomic E-state index is 0.477. The van der Waals surface area contributed by atoms with Crippen LogP contribution in [0, 0.1) is 0 Å². The summed E-state index contributed by atoms with van der Waals surface area (Å²) in [5.41, 5.74) is 6.24. The van der Waals surface area contributed by atoms with E-state index in [9.17, 15) is 0 Å². The second-order valence-corrected chi connectivity index (χ2v) is 5.94. The number of likely N-dealkylation sites (N-methyl/N-ethyl adjacent to an activating group) is 1. The zero-order valence-corrected chi connectivity index (χ0v) is 11.9. The molecule has 18 heavy (non-hydrogen) atoms. The van der Waals surface area contributed by atoms with Crippen LogP contribution < -0.4 is 5.73 Å². The Morgan fingerprint density at radius 3 is 2.56 bits per heavy atom. The highest BCUT2D eigenvalue weighted by atomic mass is 15.3. The predicted molar refractivity (Wildman–Crippen MR) is 76.8 cm³/mol. The van der Waals surface area contributed by atoms with E-state index in [4.69, 9.17) is 10.7 Å². The van der Waals surface area contributed by atoms with Gasteiger partial charge < -0.3 is 15.5 Å². The van der Waals surface area contributed by atoms with Crippen molar-refractivity contribution in [3.63, 3.8) is 0 Å². The predicted octanol–water partition coefficient (Wildman–Crippen LogP) is 1.66. The summed E-state index contributed by atoms with van der Waals surface area (Å²) >= 11 is 0. The maximum Gasteiger partial charge on any atom is 0.191 e. The summed E-state index contributed by atoms with van der Waals surface area (Å²) in [5, 5.41) is 0. The average molecular weight is 252 g/mol. The van der Waals surface area contributed by atoms with Crippen LogP contribution in [0.2, 0.25) is 0 Å². The third-order valence-corrected chi connectivity index (χ3v) is 4.23. The number of aliphatic imine (C=N–C) groups is 1. The fraction of sp³-hybridized carbons (Fsp3) is 0.929. The SMILES string of the molecule is CC1CN(C)CCCN1C(N)=NC1CCCCC1. The first-order valence-corrected chi connectivity index (χ1v) is 7.45. The summed E-state index contributed by atoms with van der Waals surface area (Å²) < 4.78 is 0. The van der Waals surface area contributed by atoms with Crippen LogP contribution in [0.5, 0.6) is 0 Å². The first-order chi connectivity index (χ1) is 8.66. The van der Waals surface area contributed by atoms with Crippen LogP contribution in [0.15, 0.2) is 4.99 Å². The van der Waals surface area contributed by atoms with Gasteiger partial charge in [0.1, 0.15) is 0 Å². The quantitative estimate of drug-likeness (QED) is 0.570. The first-order valence-electron chi connectivity index (χ1n) is 7.45. The highest BCUT2D eigenvalue weighted by Gasteiger charge is 2.22. The Kier molecular flexibility index (Phi) is 4.87. The van der Waals surface area contributed by atoms with E-state index in [0.29, 0.717) is 12.1 Å². The van der Waals surface area contributed by atoms with Gasteiger partial charge >= 0.3 is 0 Å². The zero-order valence-electron chi connectivity index (χ0n) is 11.9. The average Bonchev–Trinajstić information content (AvgIpc) is 2.51. The van der Waals surface area contributed by atoms with Crippen LogP contribution in [0.25, 0.3) is 0 Å². The lowest BCUT2D eigenvalue weighted by atomic mass is 9.96. The van der Waals surface area contributed by atoms with Crippen molar-refractivity contribution in [3.8, 4) is 0 Å². The van der Waals surface area contributed by atoms with Gasteiger partial charge in [0.15, 0.2) is 5.96 Å². The minimum Gasteiger partial charge on any atom is -0.370 e. The summed E-state index contributed by atoms with van der Waals surface area (Å²) in [6, 6.07) is 0.955. The lowest BCUT2D eigenvalue weighted by Gasteiger charge is -2.30. The van der Waals surface area contributed by atoms with Crippen molar-refractivity contribution < 1.29 is 0 Å². The van der Waals surface area contributed by atoms with Gasteiger partial charge in [-0.25, -0.2) is 4.99 Å².